The first kappa shape index (κ1) is 31.4. The molecule has 44 heavy (non-hydrogen) atoms. The van der Waals surface area contributed by atoms with Crippen molar-refractivity contribution in [3.05, 3.63) is 44.4 Å². The van der Waals surface area contributed by atoms with E-state index in [1.807, 2.05) is 26.0 Å². The van der Waals surface area contributed by atoms with E-state index in [1.165, 1.54) is 15.6 Å². The summed E-state index contributed by atoms with van der Waals surface area (Å²) in [7, 11) is 1.78. The Hall–Kier alpha value is -2.59. The number of nitrogens with one attached hydrogen (secondary N) is 1. The minimum Gasteiger partial charge on any atom is -0.378 e. The summed E-state index contributed by atoms with van der Waals surface area (Å²) in [6.07, 6.45) is 0.796. The topological polar surface area (TPSA) is 122 Å². The van der Waals surface area contributed by atoms with Crippen molar-refractivity contribution in [3.8, 4) is 0 Å². The van der Waals surface area contributed by atoms with Crippen molar-refractivity contribution in [2.45, 2.75) is 37.0 Å². The Morgan fingerprint density at radius 1 is 1.16 bits per heavy atom. The van der Waals surface area contributed by atoms with Crippen LogP contribution in [0.3, 0.4) is 0 Å². The zero-order valence-corrected chi connectivity index (χ0v) is 27.6. The Morgan fingerprint density at radius 3 is 2.68 bits per heavy atom. The molecule has 2 fully saturated rings. The molecule has 3 aliphatic rings. The number of ether oxygens (including phenoxy) is 1. The highest BCUT2D eigenvalue weighted by molar-refractivity contribution is 7.89. The molecule has 0 saturated carbocycles. The Bertz CT molecular complexity index is 1670. The number of nitrogens with zero attached hydrogens (tertiary/aromatic N) is 6. The van der Waals surface area contributed by atoms with Gasteiger partial charge in [-0.3, -0.25) is 9.59 Å². The molecule has 0 aliphatic carbocycles. The number of aromatic amines is 1. The third-order valence-electron chi connectivity index (χ3n) is 8.49. The van der Waals surface area contributed by atoms with Gasteiger partial charge in [0.2, 0.25) is 5.91 Å². The molecule has 0 spiro atoms. The van der Waals surface area contributed by atoms with Crippen LogP contribution in [-0.4, -0.2) is 134 Å². The second-order valence-corrected chi connectivity index (χ2v) is 15.3. The zero-order chi connectivity index (χ0) is 31.2. The van der Waals surface area contributed by atoms with E-state index < -0.39 is 16.1 Å². The first-order chi connectivity index (χ1) is 21.0. The van der Waals surface area contributed by atoms with Crippen LogP contribution in [0.2, 0.25) is 5.02 Å². The molecule has 0 bridgehead atoms. The van der Waals surface area contributed by atoms with Crippen LogP contribution in [0, 0.1) is 0 Å². The Kier molecular flexibility index (Phi) is 9.03. The Morgan fingerprint density at radius 2 is 1.93 bits per heavy atom. The van der Waals surface area contributed by atoms with E-state index in [4.69, 9.17) is 16.3 Å². The number of hydrogen-bond acceptors (Lipinski definition) is 9. The molecule has 2 aromatic heterocycles. The third-order valence-corrected chi connectivity index (χ3v) is 11.7. The summed E-state index contributed by atoms with van der Waals surface area (Å²) >= 11 is 7.69. The van der Waals surface area contributed by atoms with Crippen molar-refractivity contribution in [1.29, 1.82) is 0 Å². The summed E-state index contributed by atoms with van der Waals surface area (Å²) in [4.78, 5) is 43.8. The maximum Gasteiger partial charge on any atom is 0.283 e. The first-order valence-corrected chi connectivity index (χ1v) is 17.4. The van der Waals surface area contributed by atoms with E-state index in [0.717, 1.165) is 35.5 Å². The predicted octanol–water partition coefficient (Wildman–Crippen LogP) is 2.09. The van der Waals surface area contributed by atoms with Crippen LogP contribution in [0.1, 0.15) is 32.4 Å². The molecule has 15 heteroatoms. The monoisotopic (exact) mass is 663 g/mol. The van der Waals surface area contributed by atoms with E-state index in [2.05, 4.69) is 14.9 Å². The number of halogens is 1. The molecule has 6 rings (SSSR count). The number of fused-ring (bicyclic) bond motifs is 2. The number of aromatic nitrogens is 2. The van der Waals surface area contributed by atoms with Gasteiger partial charge < -0.3 is 29.3 Å². The predicted molar refractivity (Wildman–Crippen MR) is 168 cm³/mol. The number of rotatable bonds is 7. The highest BCUT2D eigenvalue weighted by Crippen LogP contribution is 2.33. The maximum absolute atomic E-state index is 14.3. The van der Waals surface area contributed by atoms with Crippen LogP contribution in [0.15, 0.2) is 23.2 Å². The minimum atomic E-state index is -4.02. The number of carbonyl (C=O) groups excluding carboxylic acids is 2. The zero-order valence-electron chi connectivity index (χ0n) is 25.2. The third kappa shape index (κ3) is 6.26. The van der Waals surface area contributed by atoms with E-state index >= 15 is 0 Å². The fraction of sp³-hybridized carbons (Fsp3) is 0.552. The van der Waals surface area contributed by atoms with Gasteiger partial charge in [0.05, 0.1) is 24.9 Å². The minimum absolute atomic E-state index is 0.00446. The average molecular weight is 664 g/mol. The lowest BCUT2D eigenvalue weighted by atomic mass is 10.1. The standard InChI is InChI=1S/C29H38ClN7O5S2/c1-33(2)17-22-21-14-19(30)4-5-23(21)32-28(22)44(40,41)36-8-9-37(20(16-36)15-26(38)35-10-12-42-13-11-35)29(39)27-31-24-6-7-34(3)18-25(24)43-27/h4-5,14,20,32H,6-13,15-18H2,1-3H3. The molecule has 1 aromatic carbocycles. The molecule has 1 atom stereocenters. The highest BCUT2D eigenvalue weighted by atomic mass is 35.5. The number of morpholine rings is 1. The number of thiazole rings is 1. The average Bonchev–Trinajstić information content (AvgIpc) is 3.58. The SMILES string of the molecule is CN(C)Cc1c(S(=O)(=O)N2CCN(C(=O)c3nc4c(s3)CN(C)CC4)C(CC(=O)N3CCOCC3)C2)[nH]c2ccc(Cl)cc12. The van der Waals surface area contributed by atoms with E-state index in [-0.39, 0.29) is 42.9 Å². The van der Waals surface area contributed by atoms with Crippen LogP contribution in [-0.2, 0) is 39.1 Å². The molecule has 1 unspecified atom stereocenters. The van der Waals surface area contributed by atoms with Crippen LogP contribution < -0.4 is 0 Å². The lowest BCUT2D eigenvalue weighted by Crippen LogP contribution is -2.58. The van der Waals surface area contributed by atoms with Gasteiger partial charge in [0.1, 0.15) is 0 Å². The van der Waals surface area contributed by atoms with E-state index in [1.54, 1.807) is 28.0 Å². The van der Waals surface area contributed by atoms with Crippen molar-refractivity contribution in [2.24, 2.45) is 0 Å². The van der Waals surface area contributed by atoms with E-state index in [0.29, 0.717) is 54.0 Å². The van der Waals surface area contributed by atoms with Gasteiger partial charge in [-0.25, -0.2) is 13.4 Å². The fourth-order valence-corrected chi connectivity index (χ4v) is 9.18. The van der Waals surface area contributed by atoms with E-state index in [9.17, 15) is 18.0 Å². The smallest absolute Gasteiger partial charge is 0.283 e. The number of hydrogen-bond donors (Lipinski definition) is 1. The van der Waals surface area contributed by atoms with Crippen LogP contribution in [0.4, 0.5) is 0 Å². The molecule has 2 saturated heterocycles. The summed E-state index contributed by atoms with van der Waals surface area (Å²) in [5.74, 6) is -0.374. The van der Waals surface area contributed by atoms with Crippen molar-refractivity contribution in [2.75, 3.05) is 73.6 Å². The van der Waals surface area contributed by atoms with Gasteiger partial charge in [-0.2, -0.15) is 4.31 Å². The second-order valence-electron chi connectivity index (χ2n) is 11.9. The second kappa shape index (κ2) is 12.7. The molecular formula is C29H38ClN7O5S2. The van der Waals surface area contributed by atoms with Gasteiger partial charge in [0.25, 0.3) is 15.9 Å². The number of amides is 2. The van der Waals surface area contributed by atoms with Gasteiger partial charge in [-0.1, -0.05) is 11.6 Å². The largest absolute Gasteiger partial charge is 0.378 e. The van der Waals surface area contributed by atoms with Gasteiger partial charge in [-0.05, 0) is 39.3 Å². The van der Waals surface area contributed by atoms with Gasteiger partial charge in [0, 0.05) is 91.6 Å². The van der Waals surface area contributed by atoms with Crippen LogP contribution >= 0.6 is 22.9 Å². The summed E-state index contributed by atoms with van der Waals surface area (Å²) in [6.45, 7) is 4.12. The van der Waals surface area contributed by atoms with Crippen LogP contribution in [0.5, 0.6) is 0 Å². The number of H-pyrrole nitrogens is 1. The quantitative estimate of drug-likeness (QED) is 0.408. The number of benzene rings is 1. The lowest BCUT2D eigenvalue weighted by molar-refractivity contribution is -0.136. The maximum atomic E-state index is 14.3. The first-order valence-electron chi connectivity index (χ1n) is 14.8. The molecule has 1 N–H and O–H groups in total. The summed E-state index contributed by atoms with van der Waals surface area (Å²) in [6, 6.07) is 4.63. The number of likely N-dealkylation sites (N-methyl/N-ethyl adjacent to an activating group) is 1. The van der Waals surface area contributed by atoms with Crippen molar-refractivity contribution >= 4 is 55.7 Å². The fourth-order valence-electron chi connectivity index (χ4n) is 6.19. The molecule has 12 nitrogen and oxygen atoms in total. The molecule has 3 aromatic rings. The number of sulfonamides is 1. The normalized spacial score (nSPS) is 20.4. The highest BCUT2D eigenvalue weighted by Gasteiger charge is 2.41. The van der Waals surface area contributed by atoms with Crippen LogP contribution in [0.25, 0.3) is 10.9 Å². The summed E-state index contributed by atoms with van der Waals surface area (Å²) < 4.78 is 35.4. The van der Waals surface area contributed by atoms with Crippen molar-refractivity contribution in [3.63, 3.8) is 0 Å². The molecule has 238 valence electrons. The molecule has 5 heterocycles. The van der Waals surface area contributed by atoms with Gasteiger partial charge >= 0.3 is 0 Å². The summed E-state index contributed by atoms with van der Waals surface area (Å²) in [5, 5.41) is 1.77. The van der Waals surface area contributed by atoms with Gasteiger partial charge in [0.15, 0.2) is 10.0 Å². The molecule has 2 amide bonds. The number of piperazine rings is 1. The Labute approximate surface area is 266 Å². The lowest BCUT2D eigenvalue weighted by Gasteiger charge is -2.41. The van der Waals surface area contributed by atoms with Crippen molar-refractivity contribution in [1.82, 2.24) is 33.9 Å². The Balaban J connectivity index is 1.31. The molecule has 0 radical (unpaired) electrons. The molecule has 3 aliphatic heterocycles. The molecular weight excluding hydrogens is 626 g/mol. The van der Waals surface area contributed by atoms with Gasteiger partial charge in [-0.15, -0.1) is 11.3 Å². The number of carbonyl (C=O) groups is 2. The summed E-state index contributed by atoms with van der Waals surface area (Å²) in [5.41, 5.74) is 2.26. The van der Waals surface area contributed by atoms with Crippen molar-refractivity contribution < 1.29 is 22.7 Å².